The van der Waals surface area contributed by atoms with Crippen LogP contribution in [0.4, 0.5) is 10.1 Å². The molecule has 0 saturated heterocycles. The fourth-order valence-corrected chi connectivity index (χ4v) is 2.03. The Balaban J connectivity index is 2.09. The van der Waals surface area contributed by atoms with Gasteiger partial charge in [-0.3, -0.25) is 0 Å². The molecular formula is C15H15ClFNO2. The molecule has 106 valence electrons. The fourth-order valence-electron chi connectivity index (χ4n) is 1.80. The molecular weight excluding hydrogens is 281 g/mol. The smallest absolute Gasteiger partial charge is 0.167 e. The van der Waals surface area contributed by atoms with Crippen molar-refractivity contribution in [2.24, 2.45) is 0 Å². The SMILES string of the molecule is CCOc1ccc(NCc2c(O)cccc2Cl)cc1F. The molecule has 0 heterocycles. The Bertz CT molecular complexity index is 584. The van der Waals surface area contributed by atoms with Crippen molar-refractivity contribution in [3.05, 3.63) is 52.8 Å². The molecule has 5 heteroatoms. The Morgan fingerprint density at radius 1 is 1.30 bits per heavy atom. The second kappa shape index (κ2) is 6.48. The number of ether oxygens (including phenoxy) is 1. The van der Waals surface area contributed by atoms with Gasteiger partial charge in [-0.2, -0.15) is 0 Å². The van der Waals surface area contributed by atoms with Crippen LogP contribution in [0.15, 0.2) is 36.4 Å². The van der Waals surface area contributed by atoms with Crippen LogP contribution >= 0.6 is 11.6 Å². The Labute approximate surface area is 122 Å². The number of anilines is 1. The van der Waals surface area contributed by atoms with Crippen molar-refractivity contribution in [2.75, 3.05) is 11.9 Å². The first kappa shape index (κ1) is 14.5. The summed E-state index contributed by atoms with van der Waals surface area (Å²) in [7, 11) is 0. The summed E-state index contributed by atoms with van der Waals surface area (Å²) in [6.07, 6.45) is 0. The van der Waals surface area contributed by atoms with Gasteiger partial charge in [0.2, 0.25) is 0 Å². The fraction of sp³-hybridized carbons (Fsp3) is 0.200. The van der Waals surface area contributed by atoms with Crippen LogP contribution in [0.25, 0.3) is 0 Å². The van der Waals surface area contributed by atoms with Crippen LogP contribution < -0.4 is 10.1 Å². The number of halogens is 2. The van der Waals surface area contributed by atoms with E-state index in [-0.39, 0.29) is 11.5 Å². The van der Waals surface area contributed by atoms with Gasteiger partial charge in [0, 0.05) is 28.9 Å². The lowest BCUT2D eigenvalue weighted by Gasteiger charge is -2.11. The molecule has 0 unspecified atom stereocenters. The molecule has 0 aliphatic rings. The first-order valence-corrected chi connectivity index (χ1v) is 6.62. The van der Waals surface area contributed by atoms with E-state index in [4.69, 9.17) is 16.3 Å². The van der Waals surface area contributed by atoms with Gasteiger partial charge in [-0.15, -0.1) is 0 Å². The zero-order valence-corrected chi connectivity index (χ0v) is 11.7. The van der Waals surface area contributed by atoms with Gasteiger partial charge in [0.1, 0.15) is 5.75 Å². The molecule has 0 radical (unpaired) electrons. The summed E-state index contributed by atoms with van der Waals surface area (Å²) < 4.78 is 18.8. The Hall–Kier alpha value is -1.94. The predicted molar refractivity (Wildman–Crippen MR) is 78.0 cm³/mol. The number of phenols is 1. The number of rotatable bonds is 5. The van der Waals surface area contributed by atoms with Crippen LogP contribution in [0.5, 0.6) is 11.5 Å². The Morgan fingerprint density at radius 3 is 2.75 bits per heavy atom. The van der Waals surface area contributed by atoms with E-state index in [1.165, 1.54) is 6.07 Å². The number of benzene rings is 2. The van der Waals surface area contributed by atoms with E-state index in [2.05, 4.69) is 5.32 Å². The van der Waals surface area contributed by atoms with Crippen molar-refractivity contribution in [2.45, 2.75) is 13.5 Å². The molecule has 0 aromatic heterocycles. The molecule has 2 aromatic carbocycles. The summed E-state index contributed by atoms with van der Waals surface area (Å²) in [4.78, 5) is 0. The quantitative estimate of drug-likeness (QED) is 0.869. The van der Waals surface area contributed by atoms with Crippen molar-refractivity contribution < 1.29 is 14.2 Å². The monoisotopic (exact) mass is 295 g/mol. The van der Waals surface area contributed by atoms with E-state index >= 15 is 0 Å². The van der Waals surface area contributed by atoms with Crippen LogP contribution in [-0.4, -0.2) is 11.7 Å². The van der Waals surface area contributed by atoms with Gasteiger partial charge in [-0.1, -0.05) is 17.7 Å². The van der Waals surface area contributed by atoms with Crippen molar-refractivity contribution >= 4 is 17.3 Å². The van der Waals surface area contributed by atoms with Gasteiger partial charge in [-0.25, -0.2) is 4.39 Å². The number of aromatic hydroxyl groups is 1. The minimum Gasteiger partial charge on any atom is -0.508 e. The molecule has 0 spiro atoms. The lowest BCUT2D eigenvalue weighted by molar-refractivity contribution is 0.321. The lowest BCUT2D eigenvalue weighted by Crippen LogP contribution is -2.02. The maximum Gasteiger partial charge on any atom is 0.167 e. The van der Waals surface area contributed by atoms with E-state index in [1.807, 2.05) is 0 Å². The topological polar surface area (TPSA) is 41.5 Å². The second-order valence-electron chi connectivity index (χ2n) is 4.17. The molecule has 0 bridgehead atoms. The zero-order valence-electron chi connectivity index (χ0n) is 11.0. The van der Waals surface area contributed by atoms with Crippen LogP contribution in [0.2, 0.25) is 5.02 Å². The summed E-state index contributed by atoms with van der Waals surface area (Å²) in [6.45, 7) is 2.52. The summed E-state index contributed by atoms with van der Waals surface area (Å²) in [5, 5.41) is 13.2. The van der Waals surface area contributed by atoms with E-state index < -0.39 is 5.82 Å². The zero-order chi connectivity index (χ0) is 14.5. The van der Waals surface area contributed by atoms with Gasteiger partial charge >= 0.3 is 0 Å². The molecule has 0 atom stereocenters. The largest absolute Gasteiger partial charge is 0.508 e. The van der Waals surface area contributed by atoms with E-state index in [0.717, 1.165) is 0 Å². The Morgan fingerprint density at radius 2 is 2.10 bits per heavy atom. The third-order valence-corrected chi connectivity index (χ3v) is 3.15. The van der Waals surface area contributed by atoms with Crippen LogP contribution in [0, 0.1) is 5.82 Å². The molecule has 0 fully saturated rings. The summed E-state index contributed by atoms with van der Waals surface area (Å²) in [5.41, 5.74) is 1.16. The normalized spacial score (nSPS) is 10.3. The molecule has 0 aliphatic carbocycles. The highest BCUT2D eigenvalue weighted by atomic mass is 35.5. The number of nitrogens with one attached hydrogen (secondary N) is 1. The first-order valence-electron chi connectivity index (χ1n) is 6.24. The summed E-state index contributed by atoms with van der Waals surface area (Å²) in [5.74, 6) is -0.102. The van der Waals surface area contributed by atoms with Crippen molar-refractivity contribution in [1.29, 1.82) is 0 Å². The van der Waals surface area contributed by atoms with Crippen LogP contribution in [0.1, 0.15) is 12.5 Å². The third-order valence-electron chi connectivity index (χ3n) is 2.80. The maximum atomic E-state index is 13.7. The van der Waals surface area contributed by atoms with E-state index in [9.17, 15) is 9.50 Å². The standard InChI is InChI=1S/C15H15ClFNO2/c1-2-20-15-7-6-10(8-13(15)17)18-9-11-12(16)4-3-5-14(11)19/h3-8,18-19H,2,9H2,1H3. The summed E-state index contributed by atoms with van der Waals surface area (Å²) >= 11 is 6.00. The average molecular weight is 296 g/mol. The highest BCUT2D eigenvalue weighted by molar-refractivity contribution is 6.31. The van der Waals surface area contributed by atoms with E-state index in [0.29, 0.717) is 29.4 Å². The molecule has 2 N–H and O–H groups in total. The molecule has 0 aliphatic heterocycles. The minimum absolute atomic E-state index is 0.108. The van der Waals surface area contributed by atoms with Crippen LogP contribution in [0.3, 0.4) is 0 Å². The van der Waals surface area contributed by atoms with Gasteiger partial charge in [0.05, 0.1) is 6.61 Å². The Kier molecular flexibility index (Phi) is 4.69. The molecule has 20 heavy (non-hydrogen) atoms. The minimum atomic E-state index is -0.430. The van der Waals surface area contributed by atoms with Gasteiger partial charge < -0.3 is 15.2 Å². The number of hydrogen-bond donors (Lipinski definition) is 2. The first-order chi connectivity index (χ1) is 9.61. The molecule has 2 rings (SSSR count). The molecule has 0 amide bonds. The highest BCUT2D eigenvalue weighted by Crippen LogP contribution is 2.27. The lowest BCUT2D eigenvalue weighted by atomic mass is 10.2. The molecule has 3 nitrogen and oxygen atoms in total. The van der Waals surface area contributed by atoms with E-state index in [1.54, 1.807) is 37.3 Å². The van der Waals surface area contributed by atoms with Crippen molar-refractivity contribution in [3.8, 4) is 11.5 Å². The highest BCUT2D eigenvalue weighted by Gasteiger charge is 2.07. The van der Waals surface area contributed by atoms with Gasteiger partial charge in [0.25, 0.3) is 0 Å². The number of phenolic OH excluding ortho intramolecular Hbond substituents is 1. The third kappa shape index (κ3) is 3.33. The van der Waals surface area contributed by atoms with Crippen LogP contribution in [-0.2, 0) is 6.54 Å². The van der Waals surface area contributed by atoms with Gasteiger partial charge in [-0.05, 0) is 31.2 Å². The maximum absolute atomic E-state index is 13.7. The number of hydrogen-bond acceptors (Lipinski definition) is 3. The molecule has 0 saturated carbocycles. The predicted octanol–water partition coefficient (Wildman–Crippen LogP) is 4.20. The average Bonchev–Trinajstić information content (AvgIpc) is 2.41. The van der Waals surface area contributed by atoms with Crippen molar-refractivity contribution in [1.82, 2.24) is 0 Å². The van der Waals surface area contributed by atoms with Crippen molar-refractivity contribution in [3.63, 3.8) is 0 Å². The second-order valence-corrected chi connectivity index (χ2v) is 4.58. The molecule has 2 aromatic rings. The van der Waals surface area contributed by atoms with Gasteiger partial charge in [0.15, 0.2) is 11.6 Å². The summed E-state index contributed by atoms with van der Waals surface area (Å²) in [6, 6.07) is 9.53.